The maximum atomic E-state index is 12.0. The summed E-state index contributed by atoms with van der Waals surface area (Å²) < 4.78 is 6.05. The first-order valence-electron chi connectivity index (χ1n) is 7.16. The van der Waals surface area contributed by atoms with Crippen molar-refractivity contribution < 1.29 is 9.53 Å². The lowest BCUT2D eigenvalue weighted by atomic mass is 9.99. The largest absolute Gasteiger partial charge is 0.488 e. The molecule has 0 unspecified atom stereocenters. The summed E-state index contributed by atoms with van der Waals surface area (Å²) in [6, 6.07) is 3.82. The van der Waals surface area contributed by atoms with E-state index in [1.165, 1.54) is 0 Å². The van der Waals surface area contributed by atoms with Gasteiger partial charge in [-0.05, 0) is 37.8 Å². The predicted octanol–water partition coefficient (Wildman–Crippen LogP) is 2.27. The molecule has 2 fully saturated rings. The normalized spacial score (nSPS) is 28.2. The Morgan fingerprint density at radius 1 is 1.45 bits per heavy atom. The first-order chi connectivity index (χ1) is 9.65. The zero-order valence-corrected chi connectivity index (χ0v) is 11.8. The Bertz CT molecular complexity index is 514. The Morgan fingerprint density at radius 2 is 2.30 bits per heavy atom. The number of fused-ring (bicyclic) bond motifs is 1. The van der Waals surface area contributed by atoms with Gasteiger partial charge < -0.3 is 9.64 Å². The molecule has 4 heteroatoms. The SMILES string of the molecule is C=C(C)C(=O)N1C[C@H]2CC[C@@H](Oc3cccnc3)[C@H]2C1. The summed E-state index contributed by atoms with van der Waals surface area (Å²) in [5, 5.41) is 0. The van der Waals surface area contributed by atoms with Crippen LogP contribution in [-0.2, 0) is 4.79 Å². The van der Waals surface area contributed by atoms with Crippen molar-refractivity contribution in [1.82, 2.24) is 9.88 Å². The Hall–Kier alpha value is -1.84. The molecule has 1 aliphatic heterocycles. The topological polar surface area (TPSA) is 42.4 Å². The van der Waals surface area contributed by atoms with Crippen LogP contribution in [0.5, 0.6) is 5.75 Å². The molecular weight excluding hydrogens is 252 g/mol. The van der Waals surface area contributed by atoms with Crippen LogP contribution >= 0.6 is 0 Å². The van der Waals surface area contributed by atoms with Crippen molar-refractivity contribution in [1.29, 1.82) is 0 Å². The summed E-state index contributed by atoms with van der Waals surface area (Å²) in [5.41, 5.74) is 0.620. The minimum absolute atomic E-state index is 0.0829. The summed E-state index contributed by atoms with van der Waals surface area (Å²) in [7, 11) is 0. The van der Waals surface area contributed by atoms with Crippen molar-refractivity contribution >= 4 is 5.91 Å². The third-order valence-corrected chi connectivity index (χ3v) is 4.37. The molecule has 20 heavy (non-hydrogen) atoms. The van der Waals surface area contributed by atoms with E-state index in [9.17, 15) is 4.79 Å². The van der Waals surface area contributed by atoms with Crippen molar-refractivity contribution in [3.8, 4) is 5.75 Å². The number of hydrogen-bond acceptors (Lipinski definition) is 3. The van der Waals surface area contributed by atoms with Crippen LogP contribution in [0.25, 0.3) is 0 Å². The van der Waals surface area contributed by atoms with Crippen molar-refractivity contribution in [3.05, 3.63) is 36.7 Å². The number of pyridine rings is 1. The molecule has 4 nitrogen and oxygen atoms in total. The van der Waals surface area contributed by atoms with Crippen LogP contribution in [0.1, 0.15) is 19.8 Å². The second-order valence-electron chi connectivity index (χ2n) is 5.84. The van der Waals surface area contributed by atoms with Crippen molar-refractivity contribution in [2.45, 2.75) is 25.9 Å². The molecule has 1 aromatic rings. The van der Waals surface area contributed by atoms with Gasteiger partial charge in [0.2, 0.25) is 5.91 Å². The van der Waals surface area contributed by atoms with E-state index in [0.717, 1.165) is 31.7 Å². The Morgan fingerprint density at radius 3 is 3.00 bits per heavy atom. The first kappa shape index (κ1) is 13.2. The summed E-state index contributed by atoms with van der Waals surface area (Å²) in [4.78, 5) is 18.0. The van der Waals surface area contributed by atoms with Gasteiger partial charge in [0.15, 0.2) is 0 Å². The third kappa shape index (κ3) is 2.42. The van der Waals surface area contributed by atoms with E-state index in [4.69, 9.17) is 4.74 Å². The monoisotopic (exact) mass is 272 g/mol. The average Bonchev–Trinajstić information content (AvgIpc) is 3.01. The molecule has 0 aromatic carbocycles. The van der Waals surface area contributed by atoms with Gasteiger partial charge in [-0.3, -0.25) is 9.78 Å². The number of aromatic nitrogens is 1. The number of likely N-dealkylation sites (tertiary alicyclic amines) is 1. The molecule has 1 aromatic heterocycles. The average molecular weight is 272 g/mol. The molecule has 1 saturated heterocycles. The van der Waals surface area contributed by atoms with Gasteiger partial charge in [-0.15, -0.1) is 0 Å². The number of carbonyl (C=O) groups excluding carboxylic acids is 1. The molecule has 2 heterocycles. The Labute approximate surface area is 119 Å². The molecule has 0 spiro atoms. The number of amides is 1. The molecule has 0 bridgehead atoms. The van der Waals surface area contributed by atoms with Crippen LogP contribution in [0.15, 0.2) is 36.7 Å². The van der Waals surface area contributed by atoms with Crippen LogP contribution in [0.3, 0.4) is 0 Å². The fourth-order valence-electron chi connectivity index (χ4n) is 3.39. The molecule has 1 aliphatic carbocycles. The molecule has 0 radical (unpaired) electrons. The molecule has 106 valence electrons. The maximum Gasteiger partial charge on any atom is 0.248 e. The van der Waals surface area contributed by atoms with Crippen LogP contribution in [-0.4, -0.2) is 35.0 Å². The highest BCUT2D eigenvalue weighted by Gasteiger charge is 2.45. The summed E-state index contributed by atoms with van der Waals surface area (Å²) >= 11 is 0. The van der Waals surface area contributed by atoms with Gasteiger partial charge in [-0.1, -0.05) is 6.58 Å². The minimum Gasteiger partial charge on any atom is -0.488 e. The van der Waals surface area contributed by atoms with Gasteiger partial charge in [0.1, 0.15) is 11.9 Å². The van der Waals surface area contributed by atoms with Gasteiger partial charge >= 0.3 is 0 Å². The summed E-state index contributed by atoms with van der Waals surface area (Å²) in [6.45, 7) is 7.17. The molecule has 0 N–H and O–H groups in total. The molecular formula is C16H20N2O2. The van der Waals surface area contributed by atoms with Gasteiger partial charge in [-0.2, -0.15) is 0 Å². The van der Waals surface area contributed by atoms with Crippen molar-refractivity contribution in [3.63, 3.8) is 0 Å². The van der Waals surface area contributed by atoms with Crippen LogP contribution < -0.4 is 4.74 Å². The second kappa shape index (κ2) is 5.27. The van der Waals surface area contributed by atoms with E-state index in [1.807, 2.05) is 17.0 Å². The lowest BCUT2D eigenvalue weighted by molar-refractivity contribution is -0.126. The van der Waals surface area contributed by atoms with E-state index >= 15 is 0 Å². The first-order valence-corrected chi connectivity index (χ1v) is 7.16. The zero-order valence-electron chi connectivity index (χ0n) is 11.8. The van der Waals surface area contributed by atoms with Gasteiger partial charge in [0.25, 0.3) is 0 Å². The molecule has 2 aliphatic rings. The van der Waals surface area contributed by atoms with Gasteiger partial charge in [0.05, 0.1) is 6.20 Å². The van der Waals surface area contributed by atoms with Crippen LogP contribution in [0.4, 0.5) is 0 Å². The molecule has 3 atom stereocenters. The number of hydrogen-bond donors (Lipinski definition) is 0. The lowest BCUT2D eigenvalue weighted by Gasteiger charge is -2.22. The standard InChI is InChI=1S/C16H20N2O2/c1-11(2)16(19)18-9-12-5-6-15(14(12)10-18)20-13-4-3-7-17-8-13/h3-4,7-8,12,14-15H,1,5-6,9-10H2,2H3/t12-,14+,15-/m1/s1. The molecule has 1 amide bonds. The van der Waals surface area contributed by atoms with E-state index in [1.54, 1.807) is 19.3 Å². The van der Waals surface area contributed by atoms with E-state index in [-0.39, 0.29) is 12.0 Å². The highest BCUT2D eigenvalue weighted by molar-refractivity contribution is 5.92. The smallest absolute Gasteiger partial charge is 0.248 e. The van der Waals surface area contributed by atoms with E-state index < -0.39 is 0 Å². The maximum absolute atomic E-state index is 12.0. The van der Waals surface area contributed by atoms with Crippen LogP contribution in [0, 0.1) is 11.8 Å². The number of nitrogens with zero attached hydrogens (tertiary/aromatic N) is 2. The number of carbonyl (C=O) groups is 1. The van der Waals surface area contributed by atoms with Crippen molar-refractivity contribution in [2.24, 2.45) is 11.8 Å². The molecule has 1 saturated carbocycles. The summed E-state index contributed by atoms with van der Waals surface area (Å²) in [6.07, 6.45) is 5.90. The van der Waals surface area contributed by atoms with Crippen LogP contribution in [0.2, 0.25) is 0 Å². The highest BCUT2D eigenvalue weighted by atomic mass is 16.5. The third-order valence-electron chi connectivity index (χ3n) is 4.37. The van der Waals surface area contributed by atoms with Gasteiger partial charge in [0, 0.05) is 30.8 Å². The number of rotatable bonds is 3. The van der Waals surface area contributed by atoms with Gasteiger partial charge in [-0.25, -0.2) is 0 Å². The second-order valence-corrected chi connectivity index (χ2v) is 5.84. The Balaban J connectivity index is 1.66. The van der Waals surface area contributed by atoms with Crippen molar-refractivity contribution in [2.75, 3.05) is 13.1 Å². The zero-order chi connectivity index (χ0) is 14.1. The predicted molar refractivity (Wildman–Crippen MR) is 76.3 cm³/mol. The highest BCUT2D eigenvalue weighted by Crippen LogP contribution is 2.40. The fraction of sp³-hybridized carbons (Fsp3) is 0.500. The van der Waals surface area contributed by atoms with E-state index in [0.29, 0.717) is 17.4 Å². The molecule has 3 rings (SSSR count). The fourth-order valence-corrected chi connectivity index (χ4v) is 3.39. The minimum atomic E-state index is 0.0829. The summed E-state index contributed by atoms with van der Waals surface area (Å²) in [5.74, 6) is 1.92. The Kier molecular flexibility index (Phi) is 3.47. The van der Waals surface area contributed by atoms with E-state index in [2.05, 4.69) is 11.6 Å². The quantitative estimate of drug-likeness (QED) is 0.793. The number of ether oxygens (including phenoxy) is 1. The lowest BCUT2D eigenvalue weighted by Crippen LogP contribution is -2.32.